The van der Waals surface area contributed by atoms with E-state index in [1.807, 2.05) is 34.9 Å². The van der Waals surface area contributed by atoms with E-state index in [-0.39, 0.29) is 0 Å². The van der Waals surface area contributed by atoms with Gasteiger partial charge in [0, 0.05) is 19.3 Å². The number of guanidine groups is 1. The molecule has 0 atom stereocenters. The fourth-order valence-electron chi connectivity index (χ4n) is 2.63. The lowest BCUT2D eigenvalue weighted by Crippen LogP contribution is -2.37. The molecule has 2 N–H and O–H groups in total. The first-order chi connectivity index (χ1) is 12.4. The first-order valence-corrected chi connectivity index (χ1v) is 8.71. The minimum Gasteiger partial charge on any atom is -0.357 e. The molecule has 0 unspecified atom stereocenters. The van der Waals surface area contributed by atoms with E-state index < -0.39 is 0 Å². The Morgan fingerprint density at radius 1 is 1.04 bits per heavy atom. The molecule has 3 aromatic rings. The maximum Gasteiger partial charge on any atom is 0.191 e. The van der Waals surface area contributed by atoms with Crippen molar-refractivity contribution in [1.82, 2.24) is 25.2 Å². The Morgan fingerprint density at radius 2 is 1.88 bits per heavy atom. The smallest absolute Gasteiger partial charge is 0.191 e. The molecule has 2 heterocycles. The lowest BCUT2D eigenvalue weighted by atomic mass is 10.1. The molecule has 0 saturated carbocycles. The lowest BCUT2D eigenvalue weighted by molar-refractivity contribution is 0.740. The third-order valence-electron chi connectivity index (χ3n) is 3.88. The standard InChI is InChI=1S/C19H24N6/c1-2-20-19(21-13-8-11-16-9-4-3-5-10-16)22-15-18-24-23-17-12-6-7-14-25(17)18/h3-7,9-10,12,14H,2,8,11,13,15H2,1H3,(H2,20,21,22). The van der Waals surface area contributed by atoms with Gasteiger partial charge in [0.15, 0.2) is 17.4 Å². The van der Waals surface area contributed by atoms with Gasteiger partial charge in [0.2, 0.25) is 0 Å². The summed E-state index contributed by atoms with van der Waals surface area (Å²) in [7, 11) is 0. The highest BCUT2D eigenvalue weighted by Gasteiger charge is 2.04. The molecule has 0 amide bonds. The third-order valence-corrected chi connectivity index (χ3v) is 3.88. The normalized spacial score (nSPS) is 11.6. The van der Waals surface area contributed by atoms with E-state index in [2.05, 4.69) is 57.0 Å². The van der Waals surface area contributed by atoms with E-state index in [4.69, 9.17) is 0 Å². The number of aromatic nitrogens is 3. The number of aliphatic imine (C=N–C) groups is 1. The van der Waals surface area contributed by atoms with Crippen molar-refractivity contribution < 1.29 is 0 Å². The van der Waals surface area contributed by atoms with Crippen LogP contribution in [-0.4, -0.2) is 33.6 Å². The van der Waals surface area contributed by atoms with Crippen LogP contribution in [0.1, 0.15) is 24.7 Å². The molecule has 0 saturated heterocycles. The van der Waals surface area contributed by atoms with Gasteiger partial charge in [0.25, 0.3) is 0 Å². The zero-order chi connectivity index (χ0) is 17.3. The molecule has 3 rings (SSSR count). The highest BCUT2D eigenvalue weighted by Crippen LogP contribution is 2.04. The summed E-state index contributed by atoms with van der Waals surface area (Å²) in [5.41, 5.74) is 2.20. The van der Waals surface area contributed by atoms with Crippen LogP contribution in [0.25, 0.3) is 5.65 Å². The minimum atomic E-state index is 0.485. The predicted molar refractivity (Wildman–Crippen MR) is 101 cm³/mol. The second-order valence-electron chi connectivity index (χ2n) is 5.76. The Bertz CT molecular complexity index is 809. The van der Waals surface area contributed by atoms with Crippen molar-refractivity contribution in [2.45, 2.75) is 26.3 Å². The number of nitrogens with one attached hydrogen (secondary N) is 2. The molecular formula is C19H24N6. The molecule has 0 bridgehead atoms. The second-order valence-corrected chi connectivity index (χ2v) is 5.76. The van der Waals surface area contributed by atoms with Crippen LogP contribution in [0.5, 0.6) is 0 Å². The van der Waals surface area contributed by atoms with E-state index >= 15 is 0 Å². The SMILES string of the molecule is CCNC(=NCc1nnc2ccccn12)NCCCc1ccccc1. The van der Waals surface area contributed by atoms with Crippen molar-refractivity contribution in [2.75, 3.05) is 13.1 Å². The number of aryl methyl sites for hydroxylation is 1. The van der Waals surface area contributed by atoms with Crippen molar-refractivity contribution in [3.05, 3.63) is 66.1 Å². The van der Waals surface area contributed by atoms with Gasteiger partial charge in [-0.05, 0) is 37.5 Å². The summed E-state index contributed by atoms with van der Waals surface area (Å²) < 4.78 is 1.96. The molecule has 25 heavy (non-hydrogen) atoms. The molecule has 0 fully saturated rings. The van der Waals surface area contributed by atoms with Crippen LogP contribution in [-0.2, 0) is 13.0 Å². The van der Waals surface area contributed by atoms with Crippen LogP contribution >= 0.6 is 0 Å². The molecule has 6 nitrogen and oxygen atoms in total. The van der Waals surface area contributed by atoms with Gasteiger partial charge in [-0.15, -0.1) is 10.2 Å². The van der Waals surface area contributed by atoms with Gasteiger partial charge >= 0.3 is 0 Å². The van der Waals surface area contributed by atoms with Crippen LogP contribution in [0.3, 0.4) is 0 Å². The van der Waals surface area contributed by atoms with Gasteiger partial charge in [-0.25, -0.2) is 4.99 Å². The fraction of sp³-hybridized carbons (Fsp3) is 0.316. The van der Waals surface area contributed by atoms with Crippen molar-refractivity contribution in [3.8, 4) is 0 Å². The average molecular weight is 336 g/mol. The number of hydrogen-bond acceptors (Lipinski definition) is 3. The summed E-state index contributed by atoms with van der Waals surface area (Å²) >= 11 is 0. The molecule has 1 aromatic carbocycles. The van der Waals surface area contributed by atoms with E-state index in [1.54, 1.807) is 0 Å². The summed E-state index contributed by atoms with van der Waals surface area (Å²) in [5, 5.41) is 15.0. The van der Waals surface area contributed by atoms with E-state index in [1.165, 1.54) is 5.56 Å². The molecular weight excluding hydrogens is 312 g/mol. The van der Waals surface area contributed by atoms with Gasteiger partial charge in [-0.2, -0.15) is 0 Å². The van der Waals surface area contributed by atoms with Gasteiger partial charge < -0.3 is 10.6 Å². The summed E-state index contributed by atoms with van der Waals surface area (Å²) in [6.45, 7) is 4.25. The molecule has 130 valence electrons. The quantitative estimate of drug-likeness (QED) is 0.395. The molecule has 0 aliphatic carbocycles. The van der Waals surface area contributed by atoms with E-state index in [9.17, 15) is 0 Å². The number of fused-ring (bicyclic) bond motifs is 1. The van der Waals surface area contributed by atoms with Gasteiger partial charge in [0.05, 0.1) is 0 Å². The van der Waals surface area contributed by atoms with Crippen LogP contribution in [0.2, 0.25) is 0 Å². The van der Waals surface area contributed by atoms with E-state index in [0.29, 0.717) is 6.54 Å². The molecule has 0 aliphatic heterocycles. The van der Waals surface area contributed by atoms with Crippen LogP contribution in [0.15, 0.2) is 59.7 Å². The number of rotatable bonds is 7. The summed E-state index contributed by atoms with van der Waals surface area (Å²) in [6.07, 6.45) is 4.07. The maximum atomic E-state index is 4.62. The first-order valence-electron chi connectivity index (χ1n) is 8.71. The van der Waals surface area contributed by atoms with Gasteiger partial charge in [-0.1, -0.05) is 36.4 Å². The predicted octanol–water partition coefficient (Wildman–Crippen LogP) is 2.42. The van der Waals surface area contributed by atoms with Crippen molar-refractivity contribution in [1.29, 1.82) is 0 Å². The second kappa shape index (κ2) is 8.82. The fourth-order valence-corrected chi connectivity index (χ4v) is 2.63. The molecule has 2 aromatic heterocycles. The number of hydrogen-bond donors (Lipinski definition) is 2. The molecule has 0 aliphatic rings. The molecule has 0 radical (unpaired) electrons. The maximum absolute atomic E-state index is 4.62. The third kappa shape index (κ3) is 4.79. The van der Waals surface area contributed by atoms with Crippen molar-refractivity contribution in [2.24, 2.45) is 4.99 Å². The Hall–Kier alpha value is -2.89. The van der Waals surface area contributed by atoms with E-state index in [0.717, 1.165) is 43.4 Å². The lowest BCUT2D eigenvalue weighted by Gasteiger charge is -2.11. The zero-order valence-corrected chi connectivity index (χ0v) is 14.5. The summed E-state index contributed by atoms with van der Waals surface area (Å²) in [4.78, 5) is 4.62. The Balaban J connectivity index is 1.54. The topological polar surface area (TPSA) is 66.6 Å². The minimum absolute atomic E-state index is 0.485. The average Bonchev–Trinajstić information content (AvgIpc) is 3.07. The van der Waals surface area contributed by atoms with Crippen LogP contribution < -0.4 is 10.6 Å². The molecule has 6 heteroatoms. The van der Waals surface area contributed by atoms with Crippen LogP contribution in [0, 0.1) is 0 Å². The Kier molecular flexibility index (Phi) is 5.98. The zero-order valence-electron chi connectivity index (χ0n) is 14.5. The highest BCUT2D eigenvalue weighted by atomic mass is 15.3. The summed E-state index contributed by atoms with van der Waals surface area (Å²) in [6, 6.07) is 16.4. The number of pyridine rings is 1. The van der Waals surface area contributed by atoms with Crippen molar-refractivity contribution >= 4 is 11.6 Å². The van der Waals surface area contributed by atoms with Gasteiger partial charge in [-0.3, -0.25) is 4.40 Å². The van der Waals surface area contributed by atoms with Crippen molar-refractivity contribution in [3.63, 3.8) is 0 Å². The monoisotopic (exact) mass is 336 g/mol. The largest absolute Gasteiger partial charge is 0.357 e. The first kappa shape index (κ1) is 17.0. The van der Waals surface area contributed by atoms with Gasteiger partial charge in [0.1, 0.15) is 6.54 Å². The number of nitrogens with zero attached hydrogens (tertiary/aromatic N) is 4. The Morgan fingerprint density at radius 3 is 2.72 bits per heavy atom. The Labute approximate surface area is 148 Å². The number of benzene rings is 1. The summed E-state index contributed by atoms with van der Waals surface area (Å²) in [5.74, 6) is 1.64. The highest BCUT2D eigenvalue weighted by molar-refractivity contribution is 5.79. The molecule has 0 spiro atoms. The van der Waals surface area contributed by atoms with Crippen LogP contribution in [0.4, 0.5) is 0 Å².